The van der Waals surface area contributed by atoms with Crippen LogP contribution in [-0.2, 0) is 30.4 Å². The van der Waals surface area contributed by atoms with Gasteiger partial charge in [-0.05, 0) is 58.4 Å². The van der Waals surface area contributed by atoms with E-state index in [0.29, 0.717) is 0 Å². The van der Waals surface area contributed by atoms with Crippen LogP contribution in [-0.4, -0.2) is 35.8 Å². The van der Waals surface area contributed by atoms with E-state index in [-0.39, 0.29) is 31.5 Å². The van der Waals surface area contributed by atoms with E-state index in [0.717, 1.165) is 31.2 Å². The van der Waals surface area contributed by atoms with E-state index in [1.54, 1.807) is 20.8 Å². The molecule has 30 heavy (non-hydrogen) atoms. The van der Waals surface area contributed by atoms with Gasteiger partial charge in [0.25, 0.3) is 0 Å². The number of esters is 2. The van der Waals surface area contributed by atoms with Gasteiger partial charge in [0.2, 0.25) is 0 Å². The summed E-state index contributed by atoms with van der Waals surface area (Å²) in [5.74, 6) is -0.982. The minimum absolute atomic E-state index is 0.0113. The quantitative estimate of drug-likeness (QED) is 0.500. The van der Waals surface area contributed by atoms with Gasteiger partial charge in [0.05, 0.1) is 0 Å². The summed E-state index contributed by atoms with van der Waals surface area (Å²) < 4.78 is 16.1. The molecule has 1 aliphatic carbocycles. The van der Waals surface area contributed by atoms with Crippen molar-refractivity contribution in [1.82, 2.24) is 5.32 Å². The number of ether oxygens (including phenoxy) is 3. The van der Waals surface area contributed by atoms with Gasteiger partial charge < -0.3 is 19.5 Å². The molecule has 2 rings (SSSR count). The summed E-state index contributed by atoms with van der Waals surface area (Å²) in [4.78, 5) is 36.9. The highest BCUT2D eigenvalue weighted by Gasteiger charge is 2.27. The second-order valence-corrected chi connectivity index (χ2v) is 8.58. The predicted molar refractivity (Wildman–Crippen MR) is 112 cm³/mol. The lowest BCUT2D eigenvalue weighted by atomic mass is 9.98. The number of carbonyl (C=O) groups excluding carboxylic acids is 3. The van der Waals surface area contributed by atoms with Gasteiger partial charge in [-0.2, -0.15) is 0 Å². The first-order chi connectivity index (χ1) is 14.2. The monoisotopic (exact) mass is 419 g/mol. The van der Waals surface area contributed by atoms with E-state index in [1.165, 1.54) is 6.42 Å². The van der Waals surface area contributed by atoms with E-state index in [4.69, 9.17) is 14.2 Å². The normalized spacial score (nSPS) is 15.7. The Labute approximate surface area is 178 Å². The molecule has 0 saturated heterocycles. The number of hydrogen-bond donors (Lipinski definition) is 1. The Morgan fingerprint density at radius 3 is 2.37 bits per heavy atom. The van der Waals surface area contributed by atoms with Crippen molar-refractivity contribution in [2.75, 3.05) is 0 Å². The molecule has 166 valence electrons. The zero-order valence-electron chi connectivity index (χ0n) is 18.1. The topological polar surface area (TPSA) is 90.9 Å². The average molecular weight is 420 g/mol. The van der Waals surface area contributed by atoms with Gasteiger partial charge in [0.15, 0.2) is 0 Å². The molecule has 0 spiro atoms. The molecule has 1 atom stereocenters. The summed E-state index contributed by atoms with van der Waals surface area (Å²) >= 11 is 0. The van der Waals surface area contributed by atoms with Crippen molar-refractivity contribution in [2.24, 2.45) is 0 Å². The third-order valence-corrected chi connectivity index (χ3v) is 4.69. The van der Waals surface area contributed by atoms with Gasteiger partial charge >= 0.3 is 18.0 Å². The molecule has 0 radical (unpaired) electrons. The summed E-state index contributed by atoms with van der Waals surface area (Å²) in [6.07, 6.45) is 4.37. The van der Waals surface area contributed by atoms with Crippen molar-refractivity contribution >= 4 is 18.0 Å². The van der Waals surface area contributed by atoms with E-state index in [1.807, 2.05) is 30.3 Å². The number of carbonyl (C=O) groups is 3. The lowest BCUT2D eigenvalue weighted by molar-refractivity contribution is -0.152. The first kappa shape index (κ1) is 23.7. The van der Waals surface area contributed by atoms with Crippen LogP contribution in [0, 0.1) is 0 Å². The van der Waals surface area contributed by atoms with Crippen molar-refractivity contribution in [2.45, 2.75) is 90.1 Å². The Bertz CT molecular complexity index is 691. The van der Waals surface area contributed by atoms with Crippen molar-refractivity contribution in [3.05, 3.63) is 35.9 Å². The van der Waals surface area contributed by atoms with E-state index < -0.39 is 23.7 Å². The molecule has 1 fully saturated rings. The van der Waals surface area contributed by atoms with Crippen LogP contribution in [0.1, 0.15) is 71.3 Å². The second-order valence-electron chi connectivity index (χ2n) is 8.58. The smallest absolute Gasteiger partial charge is 0.408 e. The van der Waals surface area contributed by atoms with Crippen LogP contribution >= 0.6 is 0 Å². The van der Waals surface area contributed by atoms with Crippen LogP contribution < -0.4 is 5.32 Å². The molecule has 1 aromatic rings. The third-order valence-electron chi connectivity index (χ3n) is 4.69. The van der Waals surface area contributed by atoms with Crippen LogP contribution in [0.15, 0.2) is 30.3 Å². The maximum Gasteiger partial charge on any atom is 0.408 e. The molecule has 0 aromatic heterocycles. The minimum atomic E-state index is -0.998. The molecule has 0 bridgehead atoms. The van der Waals surface area contributed by atoms with Gasteiger partial charge in [0.1, 0.15) is 24.4 Å². The third kappa shape index (κ3) is 9.29. The largest absolute Gasteiger partial charge is 0.462 e. The van der Waals surface area contributed by atoms with Gasteiger partial charge in [-0.3, -0.25) is 4.79 Å². The molecule has 0 unspecified atom stereocenters. The molecule has 0 heterocycles. The standard InChI is InChI=1S/C23H33NO6/c1-23(2,3)30-22(27)24-19(21(26)28-16-17-10-6-4-7-11-17)14-15-20(25)29-18-12-8-5-9-13-18/h4,6-7,10-11,18-19H,5,8-9,12-16H2,1-3H3,(H,24,27)/t19-/m1/s1. The Balaban J connectivity index is 1.90. The Morgan fingerprint density at radius 2 is 1.73 bits per heavy atom. The number of benzene rings is 1. The maximum atomic E-state index is 12.6. The fourth-order valence-corrected chi connectivity index (χ4v) is 3.22. The molecular formula is C23H33NO6. The summed E-state index contributed by atoms with van der Waals surface area (Å²) in [6, 6.07) is 8.25. The van der Waals surface area contributed by atoms with Crippen molar-refractivity contribution < 1.29 is 28.6 Å². The summed E-state index contributed by atoms with van der Waals surface area (Å²) in [6.45, 7) is 5.28. The predicted octanol–water partition coefficient (Wildman–Crippen LogP) is 4.28. The number of rotatable bonds is 8. The molecule has 1 aromatic carbocycles. The van der Waals surface area contributed by atoms with E-state index in [2.05, 4.69) is 5.32 Å². The Hall–Kier alpha value is -2.57. The molecule has 0 aliphatic heterocycles. The van der Waals surface area contributed by atoms with Crippen LogP contribution in [0.4, 0.5) is 4.79 Å². The highest BCUT2D eigenvalue weighted by Crippen LogP contribution is 2.21. The maximum absolute atomic E-state index is 12.6. The second kappa shape index (κ2) is 11.6. The summed E-state index contributed by atoms with van der Waals surface area (Å²) in [5.41, 5.74) is 0.126. The molecule has 1 N–H and O–H groups in total. The van der Waals surface area contributed by atoms with E-state index >= 15 is 0 Å². The van der Waals surface area contributed by atoms with Crippen molar-refractivity contribution in [3.8, 4) is 0 Å². The zero-order valence-corrected chi connectivity index (χ0v) is 18.1. The molecule has 1 saturated carbocycles. The van der Waals surface area contributed by atoms with Crippen molar-refractivity contribution in [3.63, 3.8) is 0 Å². The highest BCUT2D eigenvalue weighted by molar-refractivity contribution is 5.82. The first-order valence-corrected chi connectivity index (χ1v) is 10.6. The van der Waals surface area contributed by atoms with Crippen LogP contribution in [0.25, 0.3) is 0 Å². The average Bonchev–Trinajstić information content (AvgIpc) is 2.69. The van der Waals surface area contributed by atoms with Crippen LogP contribution in [0.3, 0.4) is 0 Å². The lowest BCUT2D eigenvalue weighted by Gasteiger charge is -2.24. The lowest BCUT2D eigenvalue weighted by Crippen LogP contribution is -2.44. The molecule has 1 aliphatic rings. The SMILES string of the molecule is CC(C)(C)OC(=O)N[C@H](CCC(=O)OC1CCCCC1)C(=O)OCc1ccccc1. The molecule has 1 amide bonds. The number of amides is 1. The van der Waals surface area contributed by atoms with Gasteiger partial charge in [-0.15, -0.1) is 0 Å². The Morgan fingerprint density at radius 1 is 1.07 bits per heavy atom. The van der Waals surface area contributed by atoms with Crippen molar-refractivity contribution in [1.29, 1.82) is 0 Å². The molecule has 7 heteroatoms. The zero-order chi connectivity index (χ0) is 22.0. The summed E-state index contributed by atoms with van der Waals surface area (Å²) in [7, 11) is 0. The number of hydrogen-bond acceptors (Lipinski definition) is 6. The first-order valence-electron chi connectivity index (χ1n) is 10.6. The summed E-state index contributed by atoms with van der Waals surface area (Å²) in [5, 5.41) is 2.53. The molecule has 7 nitrogen and oxygen atoms in total. The number of nitrogens with one attached hydrogen (secondary N) is 1. The van der Waals surface area contributed by atoms with Gasteiger partial charge in [0, 0.05) is 6.42 Å². The van der Waals surface area contributed by atoms with E-state index in [9.17, 15) is 14.4 Å². The molecular weight excluding hydrogens is 386 g/mol. The number of alkyl carbamates (subject to hydrolysis) is 1. The van der Waals surface area contributed by atoms with Gasteiger partial charge in [-0.25, -0.2) is 9.59 Å². The van der Waals surface area contributed by atoms with Gasteiger partial charge in [-0.1, -0.05) is 36.8 Å². The van der Waals surface area contributed by atoms with Crippen LogP contribution in [0.2, 0.25) is 0 Å². The highest BCUT2D eigenvalue weighted by atomic mass is 16.6. The minimum Gasteiger partial charge on any atom is -0.462 e. The fourth-order valence-electron chi connectivity index (χ4n) is 3.22. The fraction of sp³-hybridized carbons (Fsp3) is 0.609. The van der Waals surface area contributed by atoms with Crippen LogP contribution in [0.5, 0.6) is 0 Å². The Kier molecular flexibility index (Phi) is 9.15.